The number of aryl methyl sites for hydroxylation is 1. The van der Waals surface area contributed by atoms with Crippen molar-refractivity contribution in [3.05, 3.63) is 233 Å². The van der Waals surface area contributed by atoms with Gasteiger partial charge in [0.1, 0.15) is 18.7 Å². The summed E-state index contributed by atoms with van der Waals surface area (Å²) in [5.74, 6) is -0.949. The Kier molecular flexibility index (Phi) is 14.0. The first kappa shape index (κ1) is 43.4. The Labute approximate surface area is 376 Å². The number of nitrogens with one attached hydrogen (secondary N) is 4. The maximum absolute atomic E-state index is 14.4. The highest BCUT2D eigenvalue weighted by Gasteiger charge is 2.36. The zero-order chi connectivity index (χ0) is 44.1. The van der Waals surface area contributed by atoms with Gasteiger partial charge in [-0.1, -0.05) is 188 Å². The van der Waals surface area contributed by atoms with Gasteiger partial charge in [0.15, 0.2) is 0 Å². The van der Waals surface area contributed by atoms with E-state index in [-0.39, 0.29) is 24.9 Å². The van der Waals surface area contributed by atoms with Gasteiger partial charge in [0.05, 0.1) is 5.54 Å². The lowest BCUT2D eigenvalue weighted by Gasteiger charge is -2.37. The second kappa shape index (κ2) is 20.7. The van der Waals surface area contributed by atoms with Crippen LogP contribution in [0.15, 0.2) is 194 Å². The smallest absolute Gasteiger partial charge is 0.407 e. The summed E-state index contributed by atoms with van der Waals surface area (Å²) in [4.78, 5) is 42.2. The van der Waals surface area contributed by atoms with Gasteiger partial charge in [-0.25, -0.2) is 4.79 Å². The number of unbranched alkanes of at least 4 members (excludes halogenated alkanes) is 1. The Morgan fingerprint density at radius 2 is 1.05 bits per heavy atom. The predicted molar refractivity (Wildman–Crippen MR) is 255 cm³/mol. The van der Waals surface area contributed by atoms with Crippen LogP contribution in [0.5, 0.6) is 0 Å². The summed E-state index contributed by atoms with van der Waals surface area (Å²) in [5, 5.41) is 12.9. The fourth-order valence-corrected chi connectivity index (χ4v) is 8.87. The van der Waals surface area contributed by atoms with E-state index in [1.807, 2.05) is 104 Å². The van der Waals surface area contributed by atoms with E-state index in [1.165, 1.54) is 0 Å². The third-order valence-corrected chi connectivity index (χ3v) is 12.1. The average molecular weight is 847 g/mol. The first-order chi connectivity index (χ1) is 31.4. The molecule has 3 amide bonds. The van der Waals surface area contributed by atoms with Crippen molar-refractivity contribution in [1.82, 2.24) is 16.0 Å². The topological polar surface area (TPSA) is 109 Å². The maximum Gasteiger partial charge on any atom is 0.407 e. The Morgan fingerprint density at radius 1 is 0.547 bits per heavy atom. The van der Waals surface area contributed by atoms with Crippen LogP contribution in [0.2, 0.25) is 0 Å². The molecule has 0 unspecified atom stereocenters. The number of anilines is 1. The summed E-state index contributed by atoms with van der Waals surface area (Å²) in [6.45, 7) is 2.72. The van der Waals surface area contributed by atoms with Gasteiger partial charge in [0.2, 0.25) is 11.8 Å². The van der Waals surface area contributed by atoms with Crippen LogP contribution in [0, 0.1) is 6.92 Å². The number of fused-ring (bicyclic) bond motifs is 3. The molecule has 8 nitrogen and oxygen atoms in total. The van der Waals surface area contributed by atoms with Gasteiger partial charge in [-0.05, 0) is 89.4 Å². The largest absolute Gasteiger partial charge is 0.449 e. The van der Waals surface area contributed by atoms with Crippen molar-refractivity contribution in [2.75, 3.05) is 18.5 Å². The monoisotopic (exact) mass is 846 g/mol. The number of amides is 3. The van der Waals surface area contributed by atoms with Crippen molar-refractivity contribution < 1.29 is 19.1 Å². The van der Waals surface area contributed by atoms with Gasteiger partial charge in [-0.3, -0.25) is 14.9 Å². The Morgan fingerprint density at radius 3 is 1.59 bits per heavy atom. The molecule has 0 saturated heterocycles. The molecule has 0 fully saturated rings. The van der Waals surface area contributed by atoms with Crippen molar-refractivity contribution in [3.63, 3.8) is 0 Å². The highest BCUT2D eigenvalue weighted by molar-refractivity contribution is 5.98. The van der Waals surface area contributed by atoms with E-state index in [2.05, 4.69) is 118 Å². The number of alkyl carbamates (subject to hydrolysis) is 1. The van der Waals surface area contributed by atoms with E-state index in [1.54, 1.807) is 0 Å². The lowest BCUT2D eigenvalue weighted by atomic mass is 9.77. The fraction of sp³-hybridized carbons (Fsp3) is 0.196. The lowest BCUT2D eigenvalue weighted by molar-refractivity contribution is -0.128. The van der Waals surface area contributed by atoms with Crippen LogP contribution < -0.4 is 21.3 Å². The molecule has 0 saturated carbocycles. The van der Waals surface area contributed by atoms with Crippen molar-refractivity contribution in [1.29, 1.82) is 0 Å². The molecule has 0 heterocycles. The molecule has 64 heavy (non-hydrogen) atoms. The van der Waals surface area contributed by atoms with Crippen LogP contribution >= 0.6 is 0 Å². The van der Waals surface area contributed by atoms with Gasteiger partial charge in [0, 0.05) is 18.0 Å². The van der Waals surface area contributed by atoms with Crippen LogP contribution in [-0.4, -0.2) is 43.1 Å². The Hall–Kier alpha value is -7.29. The molecule has 2 atom stereocenters. The summed E-state index contributed by atoms with van der Waals surface area (Å²) < 4.78 is 5.90. The molecule has 322 valence electrons. The zero-order valence-electron chi connectivity index (χ0n) is 36.1. The molecular formula is C56H54N4O4. The van der Waals surface area contributed by atoms with Crippen LogP contribution in [0.4, 0.5) is 10.5 Å². The molecule has 7 aromatic rings. The molecule has 0 spiro atoms. The van der Waals surface area contributed by atoms with Gasteiger partial charge < -0.3 is 20.7 Å². The van der Waals surface area contributed by atoms with Crippen molar-refractivity contribution in [3.8, 4) is 11.1 Å². The molecule has 0 aliphatic heterocycles. The molecule has 0 bridgehead atoms. The zero-order valence-corrected chi connectivity index (χ0v) is 36.1. The number of carbonyl (C=O) groups excluding carboxylic acids is 3. The molecule has 0 radical (unpaired) electrons. The molecule has 4 N–H and O–H groups in total. The second-order valence-corrected chi connectivity index (χ2v) is 16.4. The van der Waals surface area contributed by atoms with Crippen LogP contribution in [0.3, 0.4) is 0 Å². The van der Waals surface area contributed by atoms with E-state index < -0.39 is 29.6 Å². The summed E-state index contributed by atoms with van der Waals surface area (Å²) >= 11 is 0. The van der Waals surface area contributed by atoms with Gasteiger partial charge in [-0.15, -0.1) is 0 Å². The second-order valence-electron chi connectivity index (χ2n) is 16.4. The Balaban J connectivity index is 0.983. The quantitative estimate of drug-likeness (QED) is 0.0508. The normalized spacial score (nSPS) is 12.9. The van der Waals surface area contributed by atoms with Crippen LogP contribution in [-0.2, 0) is 26.3 Å². The summed E-state index contributed by atoms with van der Waals surface area (Å²) in [6, 6.07) is 62.8. The molecule has 1 aliphatic rings. The van der Waals surface area contributed by atoms with E-state index in [0.717, 1.165) is 50.1 Å². The van der Waals surface area contributed by atoms with Crippen molar-refractivity contribution in [2.45, 2.75) is 56.1 Å². The summed E-state index contributed by atoms with van der Waals surface area (Å²) in [7, 11) is 0. The standard InChI is InChI=1S/C56H54N4O4/c1-40-33-35-45(36-34-40)58-53(61)51(32-18-19-37-57-56(42-22-8-3-9-23-42,43-24-10-4-11-25-43)44-26-12-5-13-27-44)59-54(62)52(38-41-20-6-2-7-21-41)60-55(63)64-39-50-48-30-16-14-28-46(48)47-29-15-17-31-49(47)50/h2-17,20-31,33-36,50-52,57H,18-19,32,37-39H2,1H3,(H,58,61)(H,59,62)(H,60,63)/t51-,52-/m0/s1. The van der Waals surface area contributed by atoms with Crippen molar-refractivity contribution in [2.24, 2.45) is 0 Å². The molecular weight excluding hydrogens is 793 g/mol. The number of ether oxygens (including phenoxy) is 1. The minimum absolute atomic E-state index is 0.106. The molecule has 1 aliphatic carbocycles. The van der Waals surface area contributed by atoms with Crippen LogP contribution in [0.25, 0.3) is 11.1 Å². The summed E-state index contributed by atoms with van der Waals surface area (Å²) in [5.41, 5.74) is 9.71. The third-order valence-electron chi connectivity index (χ3n) is 12.1. The van der Waals surface area contributed by atoms with Gasteiger partial charge in [0.25, 0.3) is 0 Å². The highest BCUT2D eigenvalue weighted by Crippen LogP contribution is 2.44. The fourth-order valence-electron chi connectivity index (χ4n) is 8.87. The predicted octanol–water partition coefficient (Wildman–Crippen LogP) is 10.3. The molecule has 7 aromatic carbocycles. The minimum atomic E-state index is -1.02. The SMILES string of the molecule is Cc1ccc(NC(=O)[C@H](CCCCNC(c2ccccc2)(c2ccccc2)c2ccccc2)NC(=O)[C@H](Cc2ccccc2)NC(=O)OCC2c3ccccc3-c3ccccc32)cc1. The number of carbonyl (C=O) groups is 3. The first-order valence-corrected chi connectivity index (χ1v) is 22.1. The number of rotatable bonds is 18. The average Bonchev–Trinajstić information content (AvgIpc) is 3.66. The highest BCUT2D eigenvalue weighted by atomic mass is 16.5. The van der Waals surface area contributed by atoms with Gasteiger partial charge >= 0.3 is 6.09 Å². The first-order valence-electron chi connectivity index (χ1n) is 22.1. The molecule has 0 aromatic heterocycles. The van der Waals surface area contributed by atoms with Crippen LogP contribution in [0.1, 0.15) is 64.1 Å². The van der Waals surface area contributed by atoms with E-state index in [4.69, 9.17) is 4.74 Å². The third kappa shape index (κ3) is 10.1. The maximum atomic E-state index is 14.4. The molecule has 8 heteroatoms. The van der Waals surface area contributed by atoms with Gasteiger partial charge in [-0.2, -0.15) is 0 Å². The minimum Gasteiger partial charge on any atom is -0.449 e. The van der Waals surface area contributed by atoms with E-state index in [0.29, 0.717) is 31.5 Å². The Bertz CT molecular complexity index is 2480. The summed E-state index contributed by atoms with van der Waals surface area (Å²) in [6.07, 6.45) is 1.20. The lowest BCUT2D eigenvalue weighted by Crippen LogP contribution is -2.53. The van der Waals surface area contributed by atoms with E-state index in [9.17, 15) is 14.4 Å². The van der Waals surface area contributed by atoms with Crippen molar-refractivity contribution >= 4 is 23.6 Å². The van der Waals surface area contributed by atoms with E-state index >= 15 is 0 Å². The number of benzene rings is 7. The molecule has 8 rings (SSSR count). The number of hydrogen-bond acceptors (Lipinski definition) is 5. The number of hydrogen-bond donors (Lipinski definition) is 4.